The normalized spacial score (nSPS) is 14.5. The van der Waals surface area contributed by atoms with Crippen molar-refractivity contribution in [1.82, 2.24) is 0 Å². The molecule has 0 spiro atoms. The van der Waals surface area contributed by atoms with Crippen LogP contribution in [0.15, 0.2) is 0 Å². The van der Waals surface area contributed by atoms with Crippen molar-refractivity contribution in [3.63, 3.8) is 0 Å². The molecule has 0 aliphatic carbocycles. The lowest BCUT2D eigenvalue weighted by molar-refractivity contribution is -0.120. The van der Waals surface area contributed by atoms with Crippen molar-refractivity contribution in [2.75, 3.05) is 11.5 Å². The standard InChI is InChI=1S/C10H20N2O2S2/c1-3-9(13)7(11)5-15-16-6-8(12)10(14)4-2/h7-8H,3-6,11-12H2,1-2H3/t7-,8-/m0/s1. The van der Waals surface area contributed by atoms with Crippen LogP contribution in [0.3, 0.4) is 0 Å². The lowest BCUT2D eigenvalue weighted by atomic mass is 10.2. The lowest BCUT2D eigenvalue weighted by Gasteiger charge is -2.10. The van der Waals surface area contributed by atoms with Crippen LogP contribution in [0.2, 0.25) is 0 Å². The summed E-state index contributed by atoms with van der Waals surface area (Å²) in [5, 5.41) is 0. The highest BCUT2D eigenvalue weighted by Gasteiger charge is 2.13. The Kier molecular flexibility index (Phi) is 9.02. The van der Waals surface area contributed by atoms with Crippen LogP contribution < -0.4 is 11.5 Å². The average molecular weight is 264 g/mol. The molecule has 6 heteroatoms. The van der Waals surface area contributed by atoms with Gasteiger partial charge in [-0.3, -0.25) is 9.59 Å². The number of rotatable bonds is 9. The molecule has 0 aromatic carbocycles. The van der Waals surface area contributed by atoms with Crippen LogP contribution in [0.1, 0.15) is 26.7 Å². The molecule has 0 heterocycles. The van der Waals surface area contributed by atoms with Gasteiger partial charge >= 0.3 is 0 Å². The first-order valence-electron chi connectivity index (χ1n) is 5.33. The summed E-state index contributed by atoms with van der Waals surface area (Å²) < 4.78 is 0. The maximum atomic E-state index is 11.2. The molecular formula is C10H20N2O2S2. The van der Waals surface area contributed by atoms with Gasteiger partial charge in [0.25, 0.3) is 0 Å². The molecule has 0 amide bonds. The maximum absolute atomic E-state index is 11.2. The molecule has 0 aliphatic rings. The summed E-state index contributed by atoms with van der Waals surface area (Å²) in [6, 6.07) is -0.804. The summed E-state index contributed by atoms with van der Waals surface area (Å²) in [6.07, 6.45) is 0.945. The zero-order valence-electron chi connectivity index (χ0n) is 9.77. The van der Waals surface area contributed by atoms with Crippen molar-refractivity contribution in [3.8, 4) is 0 Å². The largest absolute Gasteiger partial charge is 0.321 e. The summed E-state index contributed by atoms with van der Waals surface area (Å²) in [4.78, 5) is 22.3. The van der Waals surface area contributed by atoms with Gasteiger partial charge in [0.2, 0.25) is 0 Å². The van der Waals surface area contributed by atoms with E-state index in [0.717, 1.165) is 0 Å². The molecule has 4 N–H and O–H groups in total. The topological polar surface area (TPSA) is 86.2 Å². The number of ketones is 2. The first kappa shape index (κ1) is 16.0. The zero-order chi connectivity index (χ0) is 12.6. The Hall–Kier alpha value is -0.0400. The van der Waals surface area contributed by atoms with Gasteiger partial charge in [0.05, 0.1) is 12.1 Å². The van der Waals surface area contributed by atoms with Crippen LogP contribution >= 0.6 is 21.6 Å². The molecule has 0 rings (SSSR count). The fourth-order valence-electron chi connectivity index (χ4n) is 0.953. The molecule has 0 aromatic rings. The highest BCUT2D eigenvalue weighted by molar-refractivity contribution is 8.76. The van der Waals surface area contributed by atoms with Crippen LogP contribution in [0, 0.1) is 0 Å². The maximum Gasteiger partial charge on any atom is 0.150 e. The van der Waals surface area contributed by atoms with Crippen LogP contribution in [-0.4, -0.2) is 35.2 Å². The second-order valence-electron chi connectivity index (χ2n) is 3.42. The highest BCUT2D eigenvalue weighted by Crippen LogP contribution is 2.22. The Morgan fingerprint density at radius 2 is 1.25 bits per heavy atom. The van der Waals surface area contributed by atoms with Crippen molar-refractivity contribution in [1.29, 1.82) is 0 Å². The Balaban J connectivity index is 3.60. The molecule has 16 heavy (non-hydrogen) atoms. The van der Waals surface area contributed by atoms with Crippen LogP contribution in [0.25, 0.3) is 0 Å². The van der Waals surface area contributed by atoms with E-state index in [4.69, 9.17) is 11.5 Å². The summed E-state index contributed by atoms with van der Waals surface area (Å²) in [7, 11) is 3.00. The summed E-state index contributed by atoms with van der Waals surface area (Å²) in [5.41, 5.74) is 11.3. The fourth-order valence-corrected chi connectivity index (χ4v) is 3.27. The summed E-state index contributed by atoms with van der Waals surface area (Å²) in [6.45, 7) is 3.60. The predicted octanol–water partition coefficient (Wildman–Crippen LogP) is 0.981. The number of nitrogens with two attached hydrogens (primary N) is 2. The number of hydrogen-bond acceptors (Lipinski definition) is 6. The van der Waals surface area contributed by atoms with E-state index in [0.29, 0.717) is 24.3 Å². The average Bonchev–Trinajstić information content (AvgIpc) is 2.31. The Morgan fingerprint density at radius 1 is 0.938 bits per heavy atom. The van der Waals surface area contributed by atoms with Gasteiger partial charge in [-0.15, -0.1) is 0 Å². The van der Waals surface area contributed by atoms with Crippen molar-refractivity contribution < 1.29 is 9.59 Å². The molecule has 0 aliphatic heterocycles. The number of carbonyl (C=O) groups is 2. The number of hydrogen-bond donors (Lipinski definition) is 2. The Labute approximate surface area is 105 Å². The van der Waals surface area contributed by atoms with Crippen LogP contribution in [0.5, 0.6) is 0 Å². The third kappa shape index (κ3) is 6.52. The first-order valence-corrected chi connectivity index (χ1v) is 7.82. The molecule has 0 radical (unpaired) electrons. The fraction of sp³-hybridized carbons (Fsp3) is 0.800. The van der Waals surface area contributed by atoms with Gasteiger partial charge in [-0.1, -0.05) is 35.4 Å². The smallest absolute Gasteiger partial charge is 0.150 e. The van der Waals surface area contributed by atoms with Gasteiger partial charge in [-0.25, -0.2) is 0 Å². The van der Waals surface area contributed by atoms with E-state index in [1.54, 1.807) is 13.8 Å². The summed E-state index contributed by atoms with van der Waals surface area (Å²) >= 11 is 0. The number of Topliss-reactive ketones (excluding diaryl/α,β-unsaturated/α-hetero) is 2. The molecular weight excluding hydrogens is 244 g/mol. The Bertz CT molecular complexity index is 213. The van der Waals surface area contributed by atoms with Crippen LogP contribution in [-0.2, 0) is 9.59 Å². The summed E-state index contributed by atoms with van der Waals surface area (Å²) in [5.74, 6) is 1.29. The Morgan fingerprint density at radius 3 is 1.50 bits per heavy atom. The van der Waals surface area contributed by atoms with E-state index >= 15 is 0 Å². The third-order valence-corrected chi connectivity index (χ3v) is 4.58. The third-order valence-electron chi connectivity index (χ3n) is 2.10. The van der Waals surface area contributed by atoms with Crippen LogP contribution in [0.4, 0.5) is 0 Å². The van der Waals surface area contributed by atoms with Gasteiger partial charge < -0.3 is 11.5 Å². The van der Waals surface area contributed by atoms with Crippen molar-refractivity contribution in [2.45, 2.75) is 38.8 Å². The van der Waals surface area contributed by atoms with E-state index in [-0.39, 0.29) is 11.6 Å². The first-order chi connectivity index (χ1) is 7.52. The van der Waals surface area contributed by atoms with E-state index in [1.165, 1.54) is 21.6 Å². The van der Waals surface area contributed by atoms with Gasteiger partial charge in [-0.05, 0) is 0 Å². The molecule has 4 nitrogen and oxygen atoms in total. The minimum atomic E-state index is -0.402. The van der Waals surface area contributed by atoms with Gasteiger partial charge in [0.1, 0.15) is 11.6 Å². The minimum absolute atomic E-state index is 0.0713. The zero-order valence-corrected chi connectivity index (χ0v) is 11.4. The van der Waals surface area contributed by atoms with E-state index in [2.05, 4.69) is 0 Å². The second kappa shape index (κ2) is 9.04. The van der Waals surface area contributed by atoms with Gasteiger partial charge in [0, 0.05) is 24.3 Å². The molecule has 0 saturated carbocycles. The molecule has 0 aromatic heterocycles. The van der Waals surface area contributed by atoms with Crippen molar-refractivity contribution in [2.24, 2.45) is 11.5 Å². The molecule has 0 bridgehead atoms. The molecule has 0 fully saturated rings. The molecule has 0 saturated heterocycles. The van der Waals surface area contributed by atoms with E-state index in [9.17, 15) is 9.59 Å². The molecule has 94 valence electrons. The van der Waals surface area contributed by atoms with Crippen molar-refractivity contribution in [3.05, 3.63) is 0 Å². The highest BCUT2D eigenvalue weighted by atomic mass is 33.1. The van der Waals surface area contributed by atoms with Crippen molar-refractivity contribution >= 4 is 33.2 Å². The molecule has 0 unspecified atom stereocenters. The van der Waals surface area contributed by atoms with E-state index < -0.39 is 12.1 Å². The lowest BCUT2D eigenvalue weighted by Crippen LogP contribution is -2.33. The van der Waals surface area contributed by atoms with Gasteiger partial charge in [0.15, 0.2) is 0 Å². The number of carbonyl (C=O) groups excluding carboxylic acids is 2. The van der Waals surface area contributed by atoms with Gasteiger partial charge in [-0.2, -0.15) is 0 Å². The second-order valence-corrected chi connectivity index (χ2v) is 5.97. The van der Waals surface area contributed by atoms with E-state index in [1.807, 2.05) is 0 Å². The minimum Gasteiger partial charge on any atom is -0.321 e. The predicted molar refractivity (Wildman–Crippen MR) is 71.5 cm³/mol. The monoisotopic (exact) mass is 264 g/mol. The quantitative estimate of drug-likeness (QED) is 0.477. The molecule has 2 atom stereocenters. The SMILES string of the molecule is CCC(=O)[C@@H](N)CSSC[C@H](N)C(=O)CC.